The van der Waals surface area contributed by atoms with Gasteiger partial charge in [-0.1, -0.05) is 133 Å². The van der Waals surface area contributed by atoms with Crippen LogP contribution in [0.5, 0.6) is 0 Å². The highest BCUT2D eigenvalue weighted by atomic mass is 16.3. The predicted molar refractivity (Wildman–Crippen MR) is 241 cm³/mol. The molecule has 2 aromatic heterocycles. The van der Waals surface area contributed by atoms with Crippen molar-refractivity contribution in [2.75, 3.05) is 4.90 Å². The van der Waals surface area contributed by atoms with Crippen molar-refractivity contribution >= 4 is 60.7 Å². The smallest absolute Gasteiger partial charge is 0.160 e. The molecule has 0 N–H and O–H groups in total. The van der Waals surface area contributed by atoms with Gasteiger partial charge in [-0.2, -0.15) is 0 Å². The van der Waals surface area contributed by atoms with Gasteiger partial charge < -0.3 is 9.32 Å². The number of nitrogens with zero attached hydrogens (tertiary/aromatic N) is 3. The van der Waals surface area contributed by atoms with Gasteiger partial charge in [-0.05, 0) is 107 Å². The lowest BCUT2D eigenvalue weighted by Crippen LogP contribution is -2.09. The summed E-state index contributed by atoms with van der Waals surface area (Å²) in [6.07, 6.45) is 0. The Balaban J connectivity index is 0.989. The van der Waals surface area contributed by atoms with E-state index in [1.165, 1.54) is 22.3 Å². The Morgan fingerprint density at radius 2 is 0.862 bits per heavy atom. The number of fused-ring (bicyclic) bond motifs is 6. The number of hydrogen-bond acceptors (Lipinski definition) is 4. The van der Waals surface area contributed by atoms with Gasteiger partial charge in [-0.3, -0.25) is 0 Å². The molecule has 0 aliphatic carbocycles. The molecule has 0 aliphatic rings. The summed E-state index contributed by atoms with van der Waals surface area (Å²) in [5, 5.41) is 5.45. The van der Waals surface area contributed by atoms with E-state index in [9.17, 15) is 0 Å². The summed E-state index contributed by atoms with van der Waals surface area (Å²) in [4.78, 5) is 12.7. The number of hydrogen-bond donors (Lipinski definition) is 0. The van der Waals surface area contributed by atoms with Crippen LogP contribution in [0.25, 0.3) is 88.5 Å². The maximum absolute atomic E-state index is 6.45. The van der Waals surface area contributed by atoms with Crippen molar-refractivity contribution in [1.29, 1.82) is 0 Å². The molecule has 0 fully saturated rings. The lowest BCUT2D eigenvalue weighted by Gasteiger charge is -2.26. The number of furan rings is 1. The molecule has 4 nitrogen and oxygen atoms in total. The van der Waals surface area contributed by atoms with Crippen LogP contribution in [0.4, 0.5) is 17.1 Å². The van der Waals surface area contributed by atoms with E-state index < -0.39 is 0 Å². The van der Waals surface area contributed by atoms with E-state index in [-0.39, 0.29) is 0 Å². The topological polar surface area (TPSA) is 42.2 Å². The molecule has 0 radical (unpaired) electrons. The van der Waals surface area contributed by atoms with Gasteiger partial charge in [0.25, 0.3) is 0 Å². The molecular formula is C54H35N3O. The molecule has 4 heteroatoms. The minimum atomic E-state index is 0.675. The standard InChI is InChI=1S/C54H35N3O/c1-3-11-36(12-4-1)38-19-27-43(28-20-38)57(44-29-21-39(22-30-44)37-13-5-2-6-14-37)45-31-23-41(24-32-45)54-55-50-18-10-9-17-48(50)52(56-54)42-26-34-51-49(35-42)47-33-25-40-15-7-8-16-46(40)53(47)58-51/h1-35H. The molecule has 272 valence electrons. The molecule has 58 heavy (non-hydrogen) atoms. The van der Waals surface area contributed by atoms with Gasteiger partial charge in [0.05, 0.1) is 11.2 Å². The van der Waals surface area contributed by atoms with Gasteiger partial charge in [0.15, 0.2) is 5.82 Å². The van der Waals surface area contributed by atoms with Gasteiger partial charge in [-0.15, -0.1) is 0 Å². The third-order valence-electron chi connectivity index (χ3n) is 11.1. The first-order chi connectivity index (χ1) is 28.7. The largest absolute Gasteiger partial charge is 0.455 e. The molecule has 11 aromatic rings. The van der Waals surface area contributed by atoms with Crippen LogP contribution >= 0.6 is 0 Å². The molecule has 0 atom stereocenters. The van der Waals surface area contributed by atoms with Crippen molar-refractivity contribution < 1.29 is 4.42 Å². The van der Waals surface area contributed by atoms with E-state index >= 15 is 0 Å². The Morgan fingerprint density at radius 3 is 1.50 bits per heavy atom. The highest BCUT2D eigenvalue weighted by molar-refractivity contribution is 6.15. The quantitative estimate of drug-likeness (QED) is 0.163. The maximum Gasteiger partial charge on any atom is 0.160 e. The first kappa shape index (κ1) is 33.5. The van der Waals surface area contributed by atoms with Crippen molar-refractivity contribution in [3.05, 3.63) is 212 Å². The fourth-order valence-electron chi connectivity index (χ4n) is 8.15. The monoisotopic (exact) mass is 741 g/mol. The third kappa shape index (κ3) is 5.96. The number of aromatic nitrogens is 2. The van der Waals surface area contributed by atoms with E-state index in [0.717, 1.165) is 77.5 Å². The van der Waals surface area contributed by atoms with Crippen molar-refractivity contribution in [2.24, 2.45) is 0 Å². The highest BCUT2D eigenvalue weighted by Gasteiger charge is 2.17. The van der Waals surface area contributed by atoms with E-state index in [2.05, 4.69) is 211 Å². The minimum Gasteiger partial charge on any atom is -0.455 e. The molecule has 0 bridgehead atoms. The molecule has 0 spiro atoms. The van der Waals surface area contributed by atoms with Crippen LogP contribution in [-0.2, 0) is 0 Å². The van der Waals surface area contributed by atoms with Crippen LogP contribution < -0.4 is 4.90 Å². The van der Waals surface area contributed by atoms with Crippen molar-refractivity contribution in [3.63, 3.8) is 0 Å². The first-order valence-electron chi connectivity index (χ1n) is 19.6. The lowest BCUT2D eigenvalue weighted by molar-refractivity contribution is 0.672. The molecule has 11 rings (SSSR count). The minimum absolute atomic E-state index is 0.675. The highest BCUT2D eigenvalue weighted by Crippen LogP contribution is 2.40. The molecule has 2 heterocycles. The fourth-order valence-corrected chi connectivity index (χ4v) is 8.15. The van der Waals surface area contributed by atoms with Crippen LogP contribution in [0, 0.1) is 0 Å². The van der Waals surface area contributed by atoms with Gasteiger partial charge in [-0.25, -0.2) is 9.97 Å². The van der Waals surface area contributed by atoms with E-state index in [1.807, 2.05) is 6.07 Å². The van der Waals surface area contributed by atoms with E-state index in [0.29, 0.717) is 5.82 Å². The molecule has 0 unspecified atom stereocenters. The zero-order valence-electron chi connectivity index (χ0n) is 31.5. The first-order valence-corrected chi connectivity index (χ1v) is 19.6. The van der Waals surface area contributed by atoms with Crippen molar-refractivity contribution in [3.8, 4) is 44.9 Å². The zero-order chi connectivity index (χ0) is 38.4. The van der Waals surface area contributed by atoms with Crippen molar-refractivity contribution in [2.45, 2.75) is 0 Å². The number of para-hydroxylation sites is 1. The van der Waals surface area contributed by atoms with Gasteiger partial charge >= 0.3 is 0 Å². The SMILES string of the molecule is c1ccc(-c2ccc(N(c3ccc(-c4ccccc4)cc3)c3ccc(-c4nc(-c5ccc6oc7c8ccccc8ccc7c6c5)c5ccccc5n4)cc3)cc2)cc1. The van der Waals surface area contributed by atoms with E-state index in [1.54, 1.807) is 0 Å². The average molecular weight is 742 g/mol. The molecular weight excluding hydrogens is 707 g/mol. The second kappa shape index (κ2) is 14.0. The van der Waals surface area contributed by atoms with Crippen LogP contribution in [-0.4, -0.2) is 9.97 Å². The Morgan fingerprint density at radius 1 is 0.345 bits per heavy atom. The second-order valence-corrected chi connectivity index (χ2v) is 14.6. The molecule has 0 aliphatic heterocycles. The summed E-state index contributed by atoms with van der Waals surface area (Å²) in [6.45, 7) is 0. The normalized spacial score (nSPS) is 11.4. The van der Waals surface area contributed by atoms with E-state index in [4.69, 9.17) is 14.4 Å². The summed E-state index contributed by atoms with van der Waals surface area (Å²) in [6, 6.07) is 74.5. The summed E-state index contributed by atoms with van der Waals surface area (Å²) in [5.41, 5.74) is 13.4. The van der Waals surface area contributed by atoms with Crippen LogP contribution in [0.1, 0.15) is 0 Å². The Kier molecular flexibility index (Phi) is 8.11. The molecule has 0 saturated carbocycles. The van der Waals surface area contributed by atoms with Crippen molar-refractivity contribution in [1.82, 2.24) is 9.97 Å². The summed E-state index contributed by atoms with van der Waals surface area (Å²) < 4.78 is 6.45. The van der Waals surface area contributed by atoms with Gasteiger partial charge in [0.2, 0.25) is 0 Å². The molecule has 9 aromatic carbocycles. The summed E-state index contributed by atoms with van der Waals surface area (Å²) in [5.74, 6) is 0.675. The lowest BCUT2D eigenvalue weighted by atomic mass is 10.0. The predicted octanol–water partition coefficient (Wildman–Crippen LogP) is 14.8. The summed E-state index contributed by atoms with van der Waals surface area (Å²) in [7, 11) is 0. The number of anilines is 3. The average Bonchev–Trinajstić information content (AvgIpc) is 3.69. The molecule has 0 amide bonds. The third-order valence-corrected chi connectivity index (χ3v) is 11.1. The fraction of sp³-hybridized carbons (Fsp3) is 0. The Bertz CT molecular complexity index is 3160. The maximum atomic E-state index is 6.45. The number of rotatable bonds is 7. The van der Waals surface area contributed by atoms with Crippen LogP contribution in [0.3, 0.4) is 0 Å². The van der Waals surface area contributed by atoms with Crippen LogP contribution in [0.2, 0.25) is 0 Å². The number of benzene rings is 9. The van der Waals surface area contributed by atoms with Gasteiger partial charge in [0, 0.05) is 49.7 Å². The Labute approximate surface area is 335 Å². The molecule has 0 saturated heterocycles. The summed E-state index contributed by atoms with van der Waals surface area (Å²) >= 11 is 0. The second-order valence-electron chi connectivity index (χ2n) is 14.6. The van der Waals surface area contributed by atoms with Crippen LogP contribution in [0.15, 0.2) is 217 Å². The Hall–Kier alpha value is -7.82. The zero-order valence-corrected chi connectivity index (χ0v) is 31.5. The van der Waals surface area contributed by atoms with Gasteiger partial charge in [0.1, 0.15) is 11.2 Å².